The molecule has 34 heavy (non-hydrogen) atoms. The average Bonchev–Trinajstić information content (AvgIpc) is 3.06. The van der Waals surface area contributed by atoms with E-state index in [2.05, 4.69) is 0 Å². The molecule has 0 amide bonds. The molecule has 13 heteroatoms. The van der Waals surface area contributed by atoms with Gasteiger partial charge in [0.05, 0.1) is 25.0 Å². The average molecular weight is 497 g/mol. The van der Waals surface area contributed by atoms with E-state index < -0.39 is 98.4 Å². The lowest BCUT2D eigenvalue weighted by atomic mass is 9.97. The third kappa shape index (κ3) is 5.86. The first-order valence-corrected chi connectivity index (χ1v) is 11.2. The lowest BCUT2D eigenvalue weighted by Crippen LogP contribution is -2.64. The van der Waals surface area contributed by atoms with Gasteiger partial charge in [-0.1, -0.05) is 27.7 Å². The highest BCUT2D eigenvalue weighted by molar-refractivity contribution is 5.72. The van der Waals surface area contributed by atoms with Crippen molar-refractivity contribution in [2.45, 2.75) is 88.9 Å². The van der Waals surface area contributed by atoms with Crippen LogP contribution in [0.15, 0.2) is 0 Å². The Morgan fingerprint density at radius 3 is 1.97 bits per heavy atom. The minimum absolute atomic E-state index is 0.409. The molecule has 0 radical (unpaired) electrons. The standard InChI is InChI=1S/C21H36O13/c1-5-10(4)19(29)32-16-14(26)15(31-18(28)9(2)3)12(7-23)30-20(16)34-21(8-24)17(27)13(25)11(6-22)33-21/h9-17,20,22-27H,5-8H2,1-4H3/t10?,11-,12-,13-,14+,15-,16-,17+,20-,21+/m1/s1. The van der Waals surface area contributed by atoms with Gasteiger partial charge in [-0.2, -0.15) is 0 Å². The summed E-state index contributed by atoms with van der Waals surface area (Å²) >= 11 is 0. The maximum Gasteiger partial charge on any atom is 0.309 e. The van der Waals surface area contributed by atoms with Crippen LogP contribution in [0.5, 0.6) is 0 Å². The molecule has 6 N–H and O–H groups in total. The van der Waals surface area contributed by atoms with Gasteiger partial charge in [0.25, 0.3) is 0 Å². The molecule has 198 valence electrons. The second-order valence-corrected chi connectivity index (χ2v) is 8.85. The van der Waals surface area contributed by atoms with Crippen LogP contribution in [0.4, 0.5) is 0 Å². The van der Waals surface area contributed by atoms with Gasteiger partial charge in [0, 0.05) is 0 Å². The Bertz CT molecular complexity index is 688. The second-order valence-electron chi connectivity index (χ2n) is 8.85. The number of carbonyl (C=O) groups excluding carboxylic acids is 2. The molecule has 0 aromatic rings. The molecule has 2 heterocycles. The summed E-state index contributed by atoms with van der Waals surface area (Å²) in [5.41, 5.74) is 0. The molecule has 0 bridgehead atoms. The van der Waals surface area contributed by atoms with Crippen LogP contribution < -0.4 is 0 Å². The molecule has 0 saturated carbocycles. The highest BCUT2D eigenvalue weighted by Gasteiger charge is 2.59. The summed E-state index contributed by atoms with van der Waals surface area (Å²) in [7, 11) is 0. The van der Waals surface area contributed by atoms with Gasteiger partial charge in [0.2, 0.25) is 12.1 Å². The maximum atomic E-state index is 12.5. The topological polar surface area (TPSA) is 202 Å². The van der Waals surface area contributed by atoms with Crippen LogP contribution >= 0.6 is 0 Å². The summed E-state index contributed by atoms with van der Waals surface area (Å²) in [6.07, 6.45) is -12.3. The van der Waals surface area contributed by atoms with Gasteiger partial charge in [-0.15, -0.1) is 0 Å². The summed E-state index contributed by atoms with van der Waals surface area (Å²) in [5, 5.41) is 60.7. The van der Waals surface area contributed by atoms with Crippen molar-refractivity contribution in [1.29, 1.82) is 0 Å². The van der Waals surface area contributed by atoms with E-state index in [-0.39, 0.29) is 0 Å². The lowest BCUT2D eigenvalue weighted by Gasteiger charge is -2.45. The first kappa shape index (κ1) is 28.8. The van der Waals surface area contributed by atoms with Crippen LogP contribution in [0.2, 0.25) is 0 Å². The molecule has 2 aliphatic rings. The number of hydrogen-bond donors (Lipinski definition) is 6. The Hall–Kier alpha value is -1.42. The fourth-order valence-electron chi connectivity index (χ4n) is 3.56. The van der Waals surface area contributed by atoms with Crippen LogP contribution in [0.3, 0.4) is 0 Å². The van der Waals surface area contributed by atoms with Gasteiger partial charge in [0.1, 0.15) is 37.1 Å². The number of esters is 2. The largest absolute Gasteiger partial charge is 0.456 e. The van der Waals surface area contributed by atoms with Gasteiger partial charge < -0.3 is 54.3 Å². The first-order valence-electron chi connectivity index (χ1n) is 11.2. The Balaban J connectivity index is 2.39. The molecule has 0 aromatic carbocycles. The van der Waals surface area contributed by atoms with Gasteiger partial charge in [-0.25, -0.2) is 0 Å². The number of carbonyl (C=O) groups is 2. The quantitative estimate of drug-likeness (QED) is 0.172. The predicted molar refractivity (Wildman–Crippen MR) is 111 cm³/mol. The second kappa shape index (κ2) is 12.0. The van der Waals surface area contributed by atoms with E-state index in [0.717, 1.165) is 0 Å². The molecular formula is C21H36O13. The Morgan fingerprint density at radius 2 is 1.50 bits per heavy atom. The van der Waals surface area contributed by atoms with Gasteiger partial charge >= 0.3 is 11.9 Å². The minimum atomic E-state index is -2.32. The van der Waals surface area contributed by atoms with E-state index in [4.69, 9.17) is 23.7 Å². The summed E-state index contributed by atoms with van der Waals surface area (Å²) in [4.78, 5) is 24.7. The highest BCUT2D eigenvalue weighted by atomic mass is 16.8. The molecule has 0 aliphatic carbocycles. The van der Waals surface area contributed by atoms with Crippen molar-refractivity contribution in [2.24, 2.45) is 11.8 Å². The molecule has 1 unspecified atom stereocenters. The normalized spacial score (nSPS) is 39.1. The zero-order chi connectivity index (χ0) is 25.8. The van der Waals surface area contributed by atoms with Crippen molar-refractivity contribution in [3.8, 4) is 0 Å². The smallest absolute Gasteiger partial charge is 0.309 e. The van der Waals surface area contributed by atoms with E-state index in [0.29, 0.717) is 6.42 Å². The molecule has 2 rings (SSSR count). The molecular weight excluding hydrogens is 460 g/mol. The van der Waals surface area contributed by atoms with E-state index in [1.807, 2.05) is 0 Å². The Kier molecular flexibility index (Phi) is 10.2. The Morgan fingerprint density at radius 1 is 0.912 bits per heavy atom. The lowest BCUT2D eigenvalue weighted by molar-refractivity contribution is -0.384. The number of hydrogen-bond acceptors (Lipinski definition) is 13. The van der Waals surface area contributed by atoms with Crippen LogP contribution in [0.1, 0.15) is 34.1 Å². The molecule has 0 aromatic heterocycles. The van der Waals surface area contributed by atoms with E-state index >= 15 is 0 Å². The number of aliphatic hydroxyl groups excluding tert-OH is 6. The van der Waals surface area contributed by atoms with Crippen molar-refractivity contribution in [1.82, 2.24) is 0 Å². The van der Waals surface area contributed by atoms with E-state index in [9.17, 15) is 40.2 Å². The molecule has 0 spiro atoms. The number of aliphatic hydroxyl groups is 6. The third-order valence-corrected chi connectivity index (χ3v) is 6.01. The number of rotatable bonds is 10. The van der Waals surface area contributed by atoms with Gasteiger partial charge in [-0.05, 0) is 6.42 Å². The zero-order valence-electron chi connectivity index (χ0n) is 19.6. The highest BCUT2D eigenvalue weighted by Crippen LogP contribution is 2.37. The first-order chi connectivity index (χ1) is 16.0. The minimum Gasteiger partial charge on any atom is -0.456 e. The third-order valence-electron chi connectivity index (χ3n) is 6.01. The molecule has 13 nitrogen and oxygen atoms in total. The zero-order valence-corrected chi connectivity index (χ0v) is 19.6. The summed E-state index contributed by atoms with van der Waals surface area (Å²) < 4.78 is 27.3. The Labute approximate surface area is 197 Å². The van der Waals surface area contributed by atoms with Crippen molar-refractivity contribution in [2.75, 3.05) is 19.8 Å². The summed E-state index contributed by atoms with van der Waals surface area (Å²) in [6, 6.07) is 0. The van der Waals surface area contributed by atoms with Gasteiger partial charge in [-0.3, -0.25) is 9.59 Å². The maximum absolute atomic E-state index is 12.5. The summed E-state index contributed by atoms with van der Waals surface area (Å²) in [5.74, 6) is -4.91. The van der Waals surface area contributed by atoms with Gasteiger partial charge in [0.15, 0.2) is 12.2 Å². The van der Waals surface area contributed by atoms with Crippen LogP contribution in [-0.4, -0.2) is 117 Å². The fraction of sp³-hybridized carbons (Fsp3) is 0.905. The van der Waals surface area contributed by atoms with Crippen LogP contribution in [0, 0.1) is 11.8 Å². The van der Waals surface area contributed by atoms with Crippen LogP contribution in [0.25, 0.3) is 0 Å². The number of ether oxygens (including phenoxy) is 5. The molecule has 2 aliphatic heterocycles. The molecule has 2 fully saturated rings. The molecule has 2 saturated heterocycles. The van der Waals surface area contributed by atoms with E-state index in [1.165, 1.54) is 0 Å². The van der Waals surface area contributed by atoms with Crippen molar-refractivity contribution >= 4 is 11.9 Å². The van der Waals surface area contributed by atoms with Crippen molar-refractivity contribution in [3.05, 3.63) is 0 Å². The predicted octanol–water partition coefficient (Wildman–Crippen LogP) is -2.59. The fourth-order valence-corrected chi connectivity index (χ4v) is 3.56. The SMILES string of the molecule is CCC(C)C(=O)O[C@H]1[C@@H](O[C@]2(CO)O[C@H](CO)[C@@H](O)[C@@H]2O)O[C@H](CO)[C@@H](OC(=O)C(C)C)[C@@H]1O. The monoisotopic (exact) mass is 496 g/mol. The van der Waals surface area contributed by atoms with Crippen molar-refractivity contribution in [3.63, 3.8) is 0 Å². The van der Waals surface area contributed by atoms with Crippen molar-refractivity contribution < 1.29 is 63.9 Å². The summed E-state index contributed by atoms with van der Waals surface area (Å²) in [6.45, 7) is 3.98. The van der Waals surface area contributed by atoms with E-state index in [1.54, 1.807) is 27.7 Å². The van der Waals surface area contributed by atoms with Crippen LogP contribution in [-0.2, 0) is 33.3 Å². The molecule has 10 atom stereocenters.